The van der Waals surface area contributed by atoms with Crippen molar-refractivity contribution in [2.45, 2.75) is 52.4 Å². The Labute approximate surface area is 87.5 Å². The van der Waals surface area contributed by atoms with Crippen molar-refractivity contribution in [2.75, 3.05) is 6.54 Å². The van der Waals surface area contributed by atoms with Crippen LogP contribution in [0, 0.1) is 11.8 Å². The molecule has 0 atom stereocenters. The van der Waals surface area contributed by atoms with Gasteiger partial charge in [0.2, 0.25) is 5.91 Å². The third-order valence-electron chi connectivity index (χ3n) is 2.91. The summed E-state index contributed by atoms with van der Waals surface area (Å²) in [4.78, 5) is 11.7. The van der Waals surface area contributed by atoms with Crippen LogP contribution in [0.15, 0.2) is 0 Å². The zero-order chi connectivity index (χ0) is 10.4. The van der Waals surface area contributed by atoms with Crippen molar-refractivity contribution in [2.24, 2.45) is 11.8 Å². The molecule has 0 bridgehead atoms. The fourth-order valence-corrected chi connectivity index (χ4v) is 1.99. The van der Waals surface area contributed by atoms with Gasteiger partial charge in [0, 0.05) is 12.5 Å². The minimum atomic E-state index is 0.292. The van der Waals surface area contributed by atoms with Gasteiger partial charge in [-0.25, -0.2) is 0 Å². The van der Waals surface area contributed by atoms with Gasteiger partial charge in [0.05, 0.1) is 0 Å². The first-order valence-electron chi connectivity index (χ1n) is 5.98. The molecule has 1 N–H and O–H groups in total. The van der Waals surface area contributed by atoms with Crippen LogP contribution in [-0.4, -0.2) is 12.5 Å². The molecule has 0 saturated heterocycles. The molecule has 82 valence electrons. The molecule has 0 radical (unpaired) electrons. The van der Waals surface area contributed by atoms with E-state index in [1.807, 2.05) is 0 Å². The van der Waals surface area contributed by atoms with Crippen molar-refractivity contribution < 1.29 is 4.79 Å². The molecule has 1 aliphatic rings. The molecule has 1 amide bonds. The monoisotopic (exact) mass is 197 g/mol. The molecule has 0 aromatic rings. The summed E-state index contributed by atoms with van der Waals surface area (Å²) in [6, 6.07) is 0. The number of carbonyl (C=O) groups is 1. The van der Waals surface area contributed by atoms with E-state index in [2.05, 4.69) is 19.2 Å². The minimum Gasteiger partial charge on any atom is -0.356 e. The maximum Gasteiger partial charge on any atom is 0.223 e. The molecule has 1 saturated carbocycles. The Morgan fingerprint density at radius 1 is 1.21 bits per heavy atom. The van der Waals surface area contributed by atoms with Crippen LogP contribution in [0.25, 0.3) is 0 Å². The van der Waals surface area contributed by atoms with Gasteiger partial charge in [0.25, 0.3) is 0 Å². The predicted octanol–water partition coefficient (Wildman–Crippen LogP) is 2.73. The van der Waals surface area contributed by atoms with Crippen molar-refractivity contribution in [3.8, 4) is 0 Å². The summed E-state index contributed by atoms with van der Waals surface area (Å²) in [7, 11) is 0. The van der Waals surface area contributed by atoms with Crippen molar-refractivity contribution in [3.05, 3.63) is 0 Å². The van der Waals surface area contributed by atoms with Crippen molar-refractivity contribution in [1.29, 1.82) is 0 Å². The number of rotatable bonds is 3. The second-order valence-corrected chi connectivity index (χ2v) is 4.83. The smallest absolute Gasteiger partial charge is 0.223 e. The molecule has 1 rings (SSSR count). The molecule has 14 heavy (non-hydrogen) atoms. The highest BCUT2D eigenvalue weighted by atomic mass is 16.1. The summed E-state index contributed by atoms with van der Waals surface area (Å²) < 4.78 is 0. The number of nitrogens with one attached hydrogen (secondary N) is 1. The lowest BCUT2D eigenvalue weighted by Gasteiger charge is -2.15. The van der Waals surface area contributed by atoms with Crippen molar-refractivity contribution in [1.82, 2.24) is 5.32 Å². The fourth-order valence-electron chi connectivity index (χ4n) is 1.99. The summed E-state index contributed by atoms with van der Waals surface area (Å²) >= 11 is 0. The van der Waals surface area contributed by atoms with E-state index < -0.39 is 0 Å². The first-order chi connectivity index (χ1) is 6.70. The maximum absolute atomic E-state index is 11.7. The fraction of sp³-hybridized carbons (Fsp3) is 0.917. The highest BCUT2D eigenvalue weighted by Gasteiger charge is 2.19. The number of carbonyl (C=O) groups excluding carboxylic acids is 1. The van der Waals surface area contributed by atoms with E-state index >= 15 is 0 Å². The summed E-state index contributed by atoms with van der Waals surface area (Å²) in [5.41, 5.74) is 0. The molecular weight excluding hydrogens is 174 g/mol. The Kier molecular flexibility index (Phi) is 4.99. The standard InChI is InChI=1S/C12H23NO/c1-10(2)9-13-12(14)11-7-5-3-4-6-8-11/h10-11H,3-9H2,1-2H3,(H,13,14). The molecular formula is C12H23NO. The first kappa shape index (κ1) is 11.5. The van der Waals surface area contributed by atoms with Gasteiger partial charge in [-0.05, 0) is 18.8 Å². The normalized spacial score (nSPS) is 19.4. The summed E-state index contributed by atoms with van der Waals surface area (Å²) in [6.45, 7) is 5.09. The average Bonchev–Trinajstić information content (AvgIpc) is 2.42. The van der Waals surface area contributed by atoms with Crippen LogP contribution in [0.1, 0.15) is 52.4 Å². The van der Waals surface area contributed by atoms with E-state index in [9.17, 15) is 4.79 Å². The van der Waals surface area contributed by atoms with Gasteiger partial charge in [0.15, 0.2) is 0 Å². The molecule has 0 heterocycles. The summed E-state index contributed by atoms with van der Waals surface area (Å²) in [5.74, 6) is 1.15. The van der Waals surface area contributed by atoms with Crippen LogP contribution < -0.4 is 5.32 Å². The van der Waals surface area contributed by atoms with E-state index in [1.165, 1.54) is 25.7 Å². The van der Waals surface area contributed by atoms with Crippen molar-refractivity contribution >= 4 is 5.91 Å². The number of hydrogen-bond donors (Lipinski definition) is 1. The second-order valence-electron chi connectivity index (χ2n) is 4.83. The van der Waals surface area contributed by atoms with E-state index in [-0.39, 0.29) is 0 Å². The highest BCUT2D eigenvalue weighted by molar-refractivity contribution is 5.78. The lowest BCUT2D eigenvalue weighted by molar-refractivity contribution is -0.125. The topological polar surface area (TPSA) is 29.1 Å². The van der Waals surface area contributed by atoms with Crippen molar-refractivity contribution in [3.63, 3.8) is 0 Å². The molecule has 2 heteroatoms. The molecule has 2 nitrogen and oxygen atoms in total. The van der Waals surface area contributed by atoms with Gasteiger partial charge in [0.1, 0.15) is 0 Å². The van der Waals surface area contributed by atoms with Crippen LogP contribution in [0.4, 0.5) is 0 Å². The molecule has 0 aromatic carbocycles. The zero-order valence-corrected chi connectivity index (χ0v) is 9.51. The Morgan fingerprint density at radius 3 is 2.29 bits per heavy atom. The number of amides is 1. The Balaban J connectivity index is 2.27. The molecule has 0 aliphatic heterocycles. The second kappa shape index (κ2) is 6.05. The van der Waals surface area contributed by atoms with Crippen LogP contribution in [0.2, 0.25) is 0 Å². The average molecular weight is 197 g/mol. The van der Waals surface area contributed by atoms with E-state index in [0.29, 0.717) is 17.7 Å². The van der Waals surface area contributed by atoms with Gasteiger partial charge in [-0.2, -0.15) is 0 Å². The zero-order valence-electron chi connectivity index (χ0n) is 9.51. The van der Waals surface area contributed by atoms with E-state index in [4.69, 9.17) is 0 Å². The minimum absolute atomic E-state index is 0.292. The van der Waals surface area contributed by atoms with Gasteiger partial charge < -0.3 is 5.32 Å². The predicted molar refractivity (Wildman–Crippen MR) is 59.0 cm³/mol. The van der Waals surface area contributed by atoms with Crippen LogP contribution in [-0.2, 0) is 4.79 Å². The lowest BCUT2D eigenvalue weighted by atomic mass is 9.99. The van der Waals surface area contributed by atoms with E-state index in [1.54, 1.807) is 0 Å². The van der Waals surface area contributed by atoms with Crippen LogP contribution in [0.3, 0.4) is 0 Å². The lowest BCUT2D eigenvalue weighted by Crippen LogP contribution is -2.33. The third kappa shape index (κ3) is 4.12. The summed E-state index contributed by atoms with van der Waals surface area (Å²) in [6.07, 6.45) is 7.30. The van der Waals surface area contributed by atoms with Gasteiger partial charge in [-0.1, -0.05) is 39.5 Å². The highest BCUT2D eigenvalue weighted by Crippen LogP contribution is 2.22. The Morgan fingerprint density at radius 2 is 1.79 bits per heavy atom. The quantitative estimate of drug-likeness (QED) is 0.692. The van der Waals surface area contributed by atoms with Gasteiger partial charge in [-0.15, -0.1) is 0 Å². The van der Waals surface area contributed by atoms with Gasteiger partial charge in [-0.3, -0.25) is 4.79 Å². The number of hydrogen-bond acceptors (Lipinski definition) is 1. The van der Waals surface area contributed by atoms with E-state index in [0.717, 1.165) is 19.4 Å². The Hall–Kier alpha value is -0.530. The third-order valence-corrected chi connectivity index (χ3v) is 2.91. The molecule has 0 aromatic heterocycles. The first-order valence-corrected chi connectivity index (χ1v) is 5.98. The molecule has 1 aliphatic carbocycles. The van der Waals surface area contributed by atoms with Crippen LogP contribution in [0.5, 0.6) is 0 Å². The SMILES string of the molecule is CC(C)CNC(=O)C1CCCCCC1. The summed E-state index contributed by atoms with van der Waals surface area (Å²) in [5, 5.41) is 3.04. The van der Waals surface area contributed by atoms with Crippen LogP contribution >= 0.6 is 0 Å². The largest absolute Gasteiger partial charge is 0.356 e. The molecule has 0 unspecified atom stereocenters. The molecule has 0 spiro atoms. The Bertz CT molecular complexity index is 169. The maximum atomic E-state index is 11.7. The van der Waals surface area contributed by atoms with Gasteiger partial charge >= 0.3 is 0 Å². The molecule has 1 fully saturated rings.